The number of carbonyl (C=O) groups excluding carboxylic acids is 1. The number of carbonyl (C=O) groups is 1. The van der Waals surface area contributed by atoms with E-state index in [1.54, 1.807) is 0 Å². The van der Waals surface area contributed by atoms with Gasteiger partial charge in [0.2, 0.25) is 0 Å². The van der Waals surface area contributed by atoms with E-state index in [2.05, 4.69) is 5.32 Å². The highest BCUT2D eigenvalue weighted by Crippen LogP contribution is 2.31. The SMILES string of the molecule is CCCCNC(=O)c1ccc(C(F)(F)F)c(F)c1. The molecule has 0 aliphatic heterocycles. The summed E-state index contributed by atoms with van der Waals surface area (Å²) in [5.74, 6) is -2.01. The molecule has 0 saturated carbocycles. The van der Waals surface area contributed by atoms with E-state index in [0.717, 1.165) is 18.9 Å². The van der Waals surface area contributed by atoms with Crippen LogP contribution >= 0.6 is 0 Å². The Morgan fingerprint density at radius 3 is 2.50 bits per heavy atom. The van der Waals surface area contributed by atoms with Gasteiger partial charge in [0.05, 0.1) is 5.56 Å². The molecule has 1 aromatic carbocycles. The number of nitrogens with one attached hydrogen (secondary N) is 1. The van der Waals surface area contributed by atoms with Gasteiger partial charge in [-0.1, -0.05) is 13.3 Å². The fourth-order valence-electron chi connectivity index (χ4n) is 1.37. The second-order valence-corrected chi connectivity index (χ2v) is 3.80. The number of unbranched alkanes of at least 4 members (excludes halogenated alkanes) is 1. The molecule has 0 heterocycles. The van der Waals surface area contributed by atoms with E-state index in [1.165, 1.54) is 0 Å². The normalized spacial score (nSPS) is 11.4. The molecule has 1 amide bonds. The van der Waals surface area contributed by atoms with Gasteiger partial charge < -0.3 is 5.32 Å². The monoisotopic (exact) mass is 263 g/mol. The van der Waals surface area contributed by atoms with Crippen LogP contribution in [0.1, 0.15) is 35.7 Å². The maximum atomic E-state index is 13.2. The Morgan fingerprint density at radius 1 is 1.33 bits per heavy atom. The van der Waals surface area contributed by atoms with Gasteiger partial charge in [0.25, 0.3) is 5.91 Å². The molecule has 0 aliphatic rings. The lowest BCUT2D eigenvalue weighted by molar-refractivity contribution is -0.140. The average Bonchev–Trinajstić information content (AvgIpc) is 2.27. The standard InChI is InChI=1S/C12H13F4NO/c1-2-3-6-17-11(18)8-4-5-9(10(13)7-8)12(14,15)16/h4-5,7H,2-3,6H2,1H3,(H,17,18). The number of halogens is 4. The van der Waals surface area contributed by atoms with Crippen molar-refractivity contribution in [2.24, 2.45) is 0 Å². The molecule has 0 aromatic heterocycles. The van der Waals surface area contributed by atoms with E-state index in [9.17, 15) is 22.4 Å². The van der Waals surface area contributed by atoms with Crippen molar-refractivity contribution in [3.63, 3.8) is 0 Å². The number of alkyl halides is 3. The van der Waals surface area contributed by atoms with Crippen LogP contribution in [0, 0.1) is 5.82 Å². The summed E-state index contributed by atoms with van der Waals surface area (Å²) >= 11 is 0. The third-order valence-electron chi connectivity index (χ3n) is 2.35. The molecule has 18 heavy (non-hydrogen) atoms. The Morgan fingerprint density at radius 2 is 2.00 bits per heavy atom. The molecule has 0 bridgehead atoms. The Bertz CT molecular complexity index is 429. The molecule has 0 unspecified atom stereocenters. The van der Waals surface area contributed by atoms with Gasteiger partial charge >= 0.3 is 6.18 Å². The molecule has 1 N–H and O–H groups in total. The van der Waals surface area contributed by atoms with Gasteiger partial charge in [-0.3, -0.25) is 4.79 Å². The lowest BCUT2D eigenvalue weighted by Gasteiger charge is -2.09. The van der Waals surface area contributed by atoms with Crippen LogP contribution < -0.4 is 5.32 Å². The fourth-order valence-corrected chi connectivity index (χ4v) is 1.37. The first-order valence-electron chi connectivity index (χ1n) is 5.51. The third-order valence-corrected chi connectivity index (χ3v) is 2.35. The van der Waals surface area contributed by atoms with Gasteiger partial charge in [-0.25, -0.2) is 4.39 Å². The predicted molar refractivity (Wildman–Crippen MR) is 58.6 cm³/mol. The average molecular weight is 263 g/mol. The fraction of sp³-hybridized carbons (Fsp3) is 0.417. The van der Waals surface area contributed by atoms with Gasteiger partial charge in [0.1, 0.15) is 5.82 Å². The third kappa shape index (κ3) is 3.72. The number of hydrogen-bond acceptors (Lipinski definition) is 1. The Kier molecular flexibility index (Phi) is 4.69. The minimum atomic E-state index is -4.75. The van der Waals surface area contributed by atoms with Crippen LogP contribution in [0.15, 0.2) is 18.2 Å². The van der Waals surface area contributed by atoms with Crippen LogP contribution in [0.5, 0.6) is 0 Å². The molecule has 0 spiro atoms. The lowest BCUT2D eigenvalue weighted by atomic mass is 10.1. The second-order valence-electron chi connectivity index (χ2n) is 3.80. The van der Waals surface area contributed by atoms with Crippen molar-refractivity contribution in [3.8, 4) is 0 Å². The molecular formula is C12H13F4NO. The highest BCUT2D eigenvalue weighted by atomic mass is 19.4. The summed E-state index contributed by atoms with van der Waals surface area (Å²) in [5, 5.41) is 2.50. The summed E-state index contributed by atoms with van der Waals surface area (Å²) in [6, 6.07) is 2.14. The highest BCUT2D eigenvalue weighted by Gasteiger charge is 2.34. The maximum absolute atomic E-state index is 13.2. The van der Waals surface area contributed by atoms with Crippen LogP contribution in [0.3, 0.4) is 0 Å². The van der Waals surface area contributed by atoms with Crippen molar-refractivity contribution in [1.82, 2.24) is 5.32 Å². The number of amides is 1. The van der Waals surface area contributed by atoms with Crippen LogP contribution in [-0.2, 0) is 6.18 Å². The van der Waals surface area contributed by atoms with Crippen molar-refractivity contribution in [2.75, 3.05) is 6.54 Å². The second kappa shape index (κ2) is 5.84. The zero-order valence-electron chi connectivity index (χ0n) is 9.77. The Labute approximate surface area is 102 Å². The molecule has 2 nitrogen and oxygen atoms in total. The molecule has 0 aliphatic carbocycles. The maximum Gasteiger partial charge on any atom is 0.419 e. The molecule has 0 radical (unpaired) electrons. The van der Waals surface area contributed by atoms with E-state index >= 15 is 0 Å². The molecular weight excluding hydrogens is 250 g/mol. The van der Waals surface area contributed by atoms with E-state index in [4.69, 9.17) is 0 Å². The minimum absolute atomic E-state index is 0.114. The molecule has 0 atom stereocenters. The number of benzene rings is 1. The molecule has 1 aromatic rings. The molecule has 100 valence electrons. The van der Waals surface area contributed by atoms with Gasteiger partial charge in [0, 0.05) is 12.1 Å². The smallest absolute Gasteiger partial charge is 0.352 e. The first-order valence-corrected chi connectivity index (χ1v) is 5.51. The van der Waals surface area contributed by atoms with Crippen molar-refractivity contribution in [2.45, 2.75) is 25.9 Å². The van der Waals surface area contributed by atoms with Crippen LogP contribution in [-0.4, -0.2) is 12.5 Å². The van der Waals surface area contributed by atoms with Crippen molar-refractivity contribution >= 4 is 5.91 Å². The van der Waals surface area contributed by atoms with Gasteiger partial charge in [-0.2, -0.15) is 13.2 Å². The van der Waals surface area contributed by atoms with Crippen LogP contribution in [0.2, 0.25) is 0 Å². The summed E-state index contributed by atoms with van der Waals surface area (Å²) in [4.78, 5) is 11.5. The van der Waals surface area contributed by atoms with E-state index in [-0.39, 0.29) is 5.56 Å². The number of rotatable bonds is 4. The molecule has 0 fully saturated rings. The zero-order valence-corrected chi connectivity index (χ0v) is 9.77. The summed E-state index contributed by atoms with van der Waals surface area (Å²) in [6.45, 7) is 2.35. The van der Waals surface area contributed by atoms with Gasteiger partial charge in [-0.15, -0.1) is 0 Å². The first-order chi connectivity index (χ1) is 8.36. The highest BCUT2D eigenvalue weighted by molar-refractivity contribution is 5.94. The lowest BCUT2D eigenvalue weighted by Crippen LogP contribution is -2.24. The van der Waals surface area contributed by atoms with Gasteiger partial charge in [-0.05, 0) is 24.6 Å². The van der Waals surface area contributed by atoms with Crippen molar-refractivity contribution < 1.29 is 22.4 Å². The predicted octanol–water partition coefficient (Wildman–Crippen LogP) is 3.37. The summed E-state index contributed by atoms with van der Waals surface area (Å²) in [7, 11) is 0. The number of hydrogen-bond donors (Lipinski definition) is 1. The quantitative estimate of drug-likeness (QED) is 0.655. The minimum Gasteiger partial charge on any atom is -0.352 e. The molecule has 6 heteroatoms. The van der Waals surface area contributed by atoms with Crippen molar-refractivity contribution in [1.29, 1.82) is 0 Å². The van der Waals surface area contributed by atoms with Gasteiger partial charge in [0.15, 0.2) is 0 Å². The van der Waals surface area contributed by atoms with E-state index in [0.29, 0.717) is 18.7 Å². The first kappa shape index (κ1) is 14.5. The molecule has 0 saturated heterocycles. The van der Waals surface area contributed by atoms with E-state index in [1.807, 2.05) is 6.92 Å². The van der Waals surface area contributed by atoms with Crippen molar-refractivity contribution in [3.05, 3.63) is 35.1 Å². The largest absolute Gasteiger partial charge is 0.419 e. The van der Waals surface area contributed by atoms with Crippen LogP contribution in [0.25, 0.3) is 0 Å². The zero-order chi connectivity index (χ0) is 13.8. The summed E-state index contributed by atoms with van der Waals surface area (Å²) < 4.78 is 50.1. The summed E-state index contributed by atoms with van der Waals surface area (Å²) in [5.41, 5.74) is -1.48. The van der Waals surface area contributed by atoms with E-state index < -0.39 is 23.5 Å². The Balaban J connectivity index is 2.81. The summed E-state index contributed by atoms with van der Waals surface area (Å²) in [6.07, 6.45) is -3.11. The Hall–Kier alpha value is -1.59. The van der Waals surface area contributed by atoms with Crippen LogP contribution in [0.4, 0.5) is 17.6 Å². The molecule has 1 rings (SSSR count). The topological polar surface area (TPSA) is 29.1 Å².